The normalized spacial score (nSPS) is 10.0. The Bertz CT molecular complexity index is 710. The summed E-state index contributed by atoms with van der Waals surface area (Å²) in [5, 5.41) is 2.63. The first-order valence-electron chi connectivity index (χ1n) is 6.79. The number of methoxy groups -OCH3 is 2. The molecule has 2 rings (SSSR count). The summed E-state index contributed by atoms with van der Waals surface area (Å²) in [6.45, 7) is 1.51. The van der Waals surface area contributed by atoms with E-state index in [2.05, 4.69) is 5.32 Å². The van der Waals surface area contributed by atoms with E-state index in [0.717, 1.165) is 4.88 Å². The summed E-state index contributed by atoms with van der Waals surface area (Å²) < 4.78 is 15.3. The van der Waals surface area contributed by atoms with E-state index in [-0.39, 0.29) is 6.61 Å². The Kier molecular flexibility index (Phi) is 5.59. The minimum absolute atomic E-state index is 0.379. The van der Waals surface area contributed by atoms with Crippen LogP contribution in [0.2, 0.25) is 0 Å². The zero-order valence-corrected chi connectivity index (χ0v) is 13.9. The van der Waals surface area contributed by atoms with Gasteiger partial charge in [0.25, 0.3) is 5.91 Å². The molecule has 0 saturated carbocycles. The molecule has 0 aliphatic carbocycles. The van der Waals surface area contributed by atoms with Gasteiger partial charge in [-0.15, -0.1) is 11.3 Å². The molecule has 0 unspecified atom stereocenters. The van der Waals surface area contributed by atoms with E-state index in [1.165, 1.54) is 25.6 Å². The number of hydrogen-bond donors (Lipinski definition) is 1. The highest BCUT2D eigenvalue weighted by atomic mass is 32.1. The summed E-state index contributed by atoms with van der Waals surface area (Å²) in [5.41, 5.74) is 0.444. The molecule has 1 amide bonds. The quantitative estimate of drug-likeness (QED) is 0.822. The Morgan fingerprint density at radius 2 is 1.91 bits per heavy atom. The molecule has 2 aromatic rings. The van der Waals surface area contributed by atoms with Crippen LogP contribution in [0.15, 0.2) is 30.3 Å². The largest absolute Gasteiger partial charge is 0.497 e. The maximum atomic E-state index is 11.9. The van der Waals surface area contributed by atoms with Crippen LogP contribution in [0, 0.1) is 6.92 Å². The predicted molar refractivity (Wildman–Crippen MR) is 87.5 cm³/mol. The monoisotopic (exact) mass is 335 g/mol. The molecule has 122 valence electrons. The Labute approximate surface area is 138 Å². The number of anilines is 1. The van der Waals surface area contributed by atoms with Crippen LogP contribution in [-0.4, -0.2) is 32.7 Å². The van der Waals surface area contributed by atoms with E-state index in [1.54, 1.807) is 24.3 Å². The highest BCUT2D eigenvalue weighted by molar-refractivity contribution is 7.13. The molecule has 0 saturated heterocycles. The number of rotatable bonds is 6. The fourth-order valence-electron chi connectivity index (χ4n) is 1.84. The number of amides is 1. The molecule has 0 fully saturated rings. The van der Waals surface area contributed by atoms with Crippen molar-refractivity contribution >= 4 is 28.9 Å². The predicted octanol–water partition coefficient (Wildman–Crippen LogP) is 2.87. The molecule has 1 heterocycles. The average Bonchev–Trinajstić information content (AvgIpc) is 2.99. The minimum Gasteiger partial charge on any atom is -0.497 e. The van der Waals surface area contributed by atoms with Crippen LogP contribution in [0.5, 0.6) is 11.5 Å². The van der Waals surface area contributed by atoms with Gasteiger partial charge in [-0.05, 0) is 31.2 Å². The van der Waals surface area contributed by atoms with Crippen LogP contribution in [0.4, 0.5) is 5.69 Å². The first-order chi connectivity index (χ1) is 11.0. The number of hydrogen-bond acceptors (Lipinski definition) is 6. The first-order valence-corrected chi connectivity index (χ1v) is 7.60. The summed E-state index contributed by atoms with van der Waals surface area (Å²) in [4.78, 5) is 25.2. The van der Waals surface area contributed by atoms with Crippen LogP contribution in [0.3, 0.4) is 0 Å². The number of carbonyl (C=O) groups is 2. The van der Waals surface area contributed by atoms with Gasteiger partial charge in [-0.1, -0.05) is 0 Å². The van der Waals surface area contributed by atoms with Gasteiger partial charge in [0, 0.05) is 10.9 Å². The van der Waals surface area contributed by atoms with E-state index in [9.17, 15) is 9.59 Å². The number of carbonyl (C=O) groups excluding carboxylic acids is 2. The van der Waals surface area contributed by atoms with Crippen LogP contribution < -0.4 is 14.8 Å². The molecule has 1 aromatic carbocycles. The molecule has 0 aliphatic rings. The highest BCUT2D eigenvalue weighted by Gasteiger charge is 2.14. The molecule has 0 radical (unpaired) electrons. The van der Waals surface area contributed by atoms with Gasteiger partial charge in [0.2, 0.25) is 0 Å². The van der Waals surface area contributed by atoms with E-state index >= 15 is 0 Å². The summed E-state index contributed by atoms with van der Waals surface area (Å²) >= 11 is 1.32. The number of esters is 1. The third kappa shape index (κ3) is 4.46. The van der Waals surface area contributed by atoms with Gasteiger partial charge < -0.3 is 19.5 Å². The standard InChI is InChI=1S/C16H17NO5S/c1-10-4-7-14(23-10)16(19)22-9-15(18)17-12-8-11(20-2)5-6-13(12)21-3/h4-8H,9H2,1-3H3,(H,17,18). The van der Waals surface area contributed by atoms with Crippen molar-refractivity contribution < 1.29 is 23.8 Å². The van der Waals surface area contributed by atoms with Crippen molar-refractivity contribution in [2.24, 2.45) is 0 Å². The van der Waals surface area contributed by atoms with Crippen LogP contribution in [-0.2, 0) is 9.53 Å². The van der Waals surface area contributed by atoms with Crippen molar-refractivity contribution in [2.75, 3.05) is 26.1 Å². The fraction of sp³-hybridized carbons (Fsp3) is 0.250. The Morgan fingerprint density at radius 1 is 1.13 bits per heavy atom. The van der Waals surface area contributed by atoms with Gasteiger partial charge in [0.1, 0.15) is 16.4 Å². The molecule has 1 N–H and O–H groups in total. The zero-order valence-electron chi connectivity index (χ0n) is 13.0. The van der Waals surface area contributed by atoms with Gasteiger partial charge in [0.15, 0.2) is 6.61 Å². The summed E-state index contributed by atoms with van der Waals surface area (Å²) in [7, 11) is 3.02. The smallest absolute Gasteiger partial charge is 0.348 e. The third-order valence-electron chi connectivity index (χ3n) is 2.96. The minimum atomic E-state index is -0.518. The molecule has 23 heavy (non-hydrogen) atoms. The van der Waals surface area contributed by atoms with Crippen molar-refractivity contribution in [3.05, 3.63) is 40.1 Å². The first kappa shape index (κ1) is 16.8. The molecule has 0 aliphatic heterocycles. The van der Waals surface area contributed by atoms with E-state index < -0.39 is 11.9 Å². The van der Waals surface area contributed by atoms with Crippen molar-refractivity contribution in [1.29, 1.82) is 0 Å². The number of thiophene rings is 1. The van der Waals surface area contributed by atoms with Crippen LogP contribution in [0.1, 0.15) is 14.5 Å². The zero-order chi connectivity index (χ0) is 16.8. The molecule has 1 aromatic heterocycles. The SMILES string of the molecule is COc1ccc(OC)c(NC(=O)COC(=O)c2ccc(C)s2)c1. The van der Waals surface area contributed by atoms with Gasteiger partial charge in [0.05, 0.1) is 19.9 Å². The highest BCUT2D eigenvalue weighted by Crippen LogP contribution is 2.28. The Balaban J connectivity index is 1.95. The summed E-state index contributed by atoms with van der Waals surface area (Å²) in [6.07, 6.45) is 0. The van der Waals surface area contributed by atoms with Crippen molar-refractivity contribution in [2.45, 2.75) is 6.92 Å². The van der Waals surface area contributed by atoms with Gasteiger partial charge in [-0.3, -0.25) is 4.79 Å². The molecular weight excluding hydrogens is 318 g/mol. The van der Waals surface area contributed by atoms with Crippen LogP contribution in [0.25, 0.3) is 0 Å². The number of ether oxygens (including phenoxy) is 3. The van der Waals surface area contributed by atoms with Crippen LogP contribution >= 0.6 is 11.3 Å². The topological polar surface area (TPSA) is 73.9 Å². The average molecular weight is 335 g/mol. The van der Waals surface area contributed by atoms with Crippen molar-refractivity contribution in [3.63, 3.8) is 0 Å². The molecular formula is C16H17NO5S. The number of aryl methyl sites for hydroxylation is 1. The lowest BCUT2D eigenvalue weighted by molar-refractivity contribution is -0.119. The lowest BCUT2D eigenvalue weighted by Gasteiger charge is -2.11. The molecule has 0 atom stereocenters. The van der Waals surface area contributed by atoms with Gasteiger partial charge >= 0.3 is 5.97 Å². The molecule has 7 heteroatoms. The third-order valence-corrected chi connectivity index (χ3v) is 3.94. The Morgan fingerprint density at radius 3 is 2.52 bits per heavy atom. The second-order valence-electron chi connectivity index (χ2n) is 4.60. The van der Waals surface area contributed by atoms with E-state index in [1.807, 2.05) is 13.0 Å². The number of benzene rings is 1. The van der Waals surface area contributed by atoms with E-state index in [4.69, 9.17) is 14.2 Å². The van der Waals surface area contributed by atoms with E-state index in [0.29, 0.717) is 22.1 Å². The lowest BCUT2D eigenvalue weighted by atomic mass is 10.2. The lowest BCUT2D eigenvalue weighted by Crippen LogP contribution is -2.21. The van der Waals surface area contributed by atoms with Crippen molar-refractivity contribution in [1.82, 2.24) is 0 Å². The maximum Gasteiger partial charge on any atom is 0.348 e. The molecule has 0 spiro atoms. The fourth-order valence-corrected chi connectivity index (χ4v) is 2.61. The summed E-state index contributed by atoms with van der Waals surface area (Å²) in [6, 6.07) is 8.51. The number of nitrogens with one attached hydrogen (secondary N) is 1. The molecule has 0 bridgehead atoms. The Hall–Kier alpha value is -2.54. The second-order valence-corrected chi connectivity index (χ2v) is 5.89. The van der Waals surface area contributed by atoms with Gasteiger partial charge in [-0.25, -0.2) is 4.79 Å². The van der Waals surface area contributed by atoms with Crippen molar-refractivity contribution in [3.8, 4) is 11.5 Å². The second kappa shape index (κ2) is 7.64. The summed E-state index contributed by atoms with van der Waals surface area (Å²) in [5.74, 6) is 0.0838. The maximum absolute atomic E-state index is 11.9. The van der Waals surface area contributed by atoms with Gasteiger partial charge in [-0.2, -0.15) is 0 Å². The molecule has 6 nitrogen and oxygen atoms in total.